The van der Waals surface area contributed by atoms with Gasteiger partial charge in [-0.2, -0.15) is 0 Å². The number of anilines is 1. The number of carbonyl (C=O) groups is 2. The molecule has 170 valence electrons. The Morgan fingerprint density at radius 3 is 2.09 bits per heavy atom. The van der Waals surface area contributed by atoms with Crippen LogP contribution in [0.1, 0.15) is 51.8 Å². The van der Waals surface area contributed by atoms with Gasteiger partial charge in [-0.05, 0) is 49.2 Å². The Morgan fingerprint density at radius 2 is 1.59 bits per heavy atom. The van der Waals surface area contributed by atoms with Crippen LogP contribution in [0, 0.1) is 11.2 Å². The summed E-state index contributed by atoms with van der Waals surface area (Å²) in [5.41, 5.74) is 1.84. The summed E-state index contributed by atoms with van der Waals surface area (Å²) in [4.78, 5) is 30.0. The van der Waals surface area contributed by atoms with Gasteiger partial charge in [0.25, 0.3) is 5.91 Å². The molecule has 2 aromatic carbocycles. The molecule has 6 heteroatoms. The third-order valence-corrected chi connectivity index (χ3v) is 5.83. The fourth-order valence-corrected chi connectivity index (χ4v) is 4.04. The second kappa shape index (κ2) is 9.15. The van der Waals surface area contributed by atoms with Crippen molar-refractivity contribution in [2.45, 2.75) is 47.2 Å². The van der Waals surface area contributed by atoms with Crippen LogP contribution < -0.4 is 4.90 Å². The van der Waals surface area contributed by atoms with Crippen molar-refractivity contribution in [3.05, 3.63) is 76.8 Å². The third kappa shape index (κ3) is 4.54. The summed E-state index contributed by atoms with van der Waals surface area (Å²) >= 11 is 0. The molecule has 2 aromatic rings. The Labute approximate surface area is 189 Å². The number of benzene rings is 2. The van der Waals surface area contributed by atoms with E-state index < -0.39 is 23.1 Å². The minimum Gasteiger partial charge on any atom is -0.503 e. The van der Waals surface area contributed by atoms with E-state index in [0.717, 1.165) is 24.3 Å². The van der Waals surface area contributed by atoms with Crippen LogP contribution in [0.4, 0.5) is 10.1 Å². The SMILES string of the molecule is CCN(CC)c1ccc(C2C(C(=O)C(C)(C)C)=C(O)C(=O)N2Cc2ccc(F)cc2)cc1. The highest BCUT2D eigenvalue weighted by atomic mass is 19.1. The topological polar surface area (TPSA) is 60.9 Å². The summed E-state index contributed by atoms with van der Waals surface area (Å²) in [5.74, 6) is -1.75. The number of nitrogens with zero attached hydrogens (tertiary/aromatic N) is 2. The van der Waals surface area contributed by atoms with Gasteiger partial charge in [-0.3, -0.25) is 9.59 Å². The van der Waals surface area contributed by atoms with Gasteiger partial charge in [-0.25, -0.2) is 4.39 Å². The molecular weight excluding hydrogens is 407 g/mol. The minimum atomic E-state index is -0.769. The Balaban J connectivity index is 2.06. The van der Waals surface area contributed by atoms with Crippen molar-refractivity contribution in [2.75, 3.05) is 18.0 Å². The van der Waals surface area contributed by atoms with E-state index in [0.29, 0.717) is 5.56 Å². The molecule has 1 heterocycles. The number of hydrogen-bond acceptors (Lipinski definition) is 4. The van der Waals surface area contributed by atoms with E-state index in [1.807, 2.05) is 24.3 Å². The maximum atomic E-state index is 13.4. The van der Waals surface area contributed by atoms with Crippen LogP contribution in [0.25, 0.3) is 0 Å². The Hall–Kier alpha value is -3.15. The number of aliphatic hydroxyl groups excluding tert-OH is 1. The lowest BCUT2D eigenvalue weighted by Crippen LogP contribution is -2.32. The van der Waals surface area contributed by atoms with Crippen LogP contribution in [-0.2, 0) is 16.1 Å². The van der Waals surface area contributed by atoms with Gasteiger partial charge in [0.05, 0.1) is 11.6 Å². The third-order valence-electron chi connectivity index (χ3n) is 5.83. The quantitative estimate of drug-likeness (QED) is 0.647. The van der Waals surface area contributed by atoms with Crippen molar-refractivity contribution >= 4 is 17.4 Å². The van der Waals surface area contributed by atoms with Crippen LogP contribution in [0.15, 0.2) is 59.9 Å². The number of amides is 1. The van der Waals surface area contributed by atoms with Crippen LogP contribution >= 0.6 is 0 Å². The van der Waals surface area contributed by atoms with Gasteiger partial charge >= 0.3 is 0 Å². The smallest absolute Gasteiger partial charge is 0.290 e. The second-order valence-electron chi connectivity index (χ2n) is 9.07. The fraction of sp³-hybridized carbons (Fsp3) is 0.385. The molecule has 1 N–H and O–H groups in total. The molecule has 0 saturated heterocycles. The van der Waals surface area contributed by atoms with Gasteiger partial charge in [0, 0.05) is 30.7 Å². The van der Waals surface area contributed by atoms with E-state index in [9.17, 15) is 19.1 Å². The van der Waals surface area contributed by atoms with Crippen molar-refractivity contribution < 1.29 is 19.1 Å². The van der Waals surface area contributed by atoms with Crippen molar-refractivity contribution in [1.82, 2.24) is 4.90 Å². The maximum Gasteiger partial charge on any atom is 0.290 e. The lowest BCUT2D eigenvalue weighted by atomic mass is 9.82. The van der Waals surface area contributed by atoms with Gasteiger partial charge in [0.2, 0.25) is 0 Å². The van der Waals surface area contributed by atoms with Crippen LogP contribution in [0.2, 0.25) is 0 Å². The molecule has 0 bridgehead atoms. The molecule has 0 saturated carbocycles. The molecular formula is C26H31FN2O3. The standard InChI is InChI=1S/C26H31FN2O3/c1-6-28(7-2)20-14-10-18(11-15-20)22-21(24(31)26(3,4)5)23(30)25(32)29(22)16-17-8-12-19(27)13-9-17/h8-15,22,30H,6-7,16H2,1-5H3. The minimum absolute atomic E-state index is 0.111. The number of rotatable bonds is 7. The summed E-state index contributed by atoms with van der Waals surface area (Å²) in [6.07, 6.45) is 0. The highest BCUT2D eigenvalue weighted by Gasteiger charge is 2.45. The monoisotopic (exact) mass is 438 g/mol. The van der Waals surface area contributed by atoms with Crippen molar-refractivity contribution in [1.29, 1.82) is 0 Å². The highest BCUT2D eigenvalue weighted by Crippen LogP contribution is 2.42. The molecule has 1 unspecified atom stereocenters. The second-order valence-corrected chi connectivity index (χ2v) is 9.07. The summed E-state index contributed by atoms with van der Waals surface area (Å²) in [7, 11) is 0. The van der Waals surface area contributed by atoms with E-state index in [-0.39, 0.29) is 23.7 Å². The summed E-state index contributed by atoms with van der Waals surface area (Å²) < 4.78 is 13.4. The molecule has 0 spiro atoms. The summed E-state index contributed by atoms with van der Waals surface area (Å²) in [6, 6.07) is 12.9. The van der Waals surface area contributed by atoms with Gasteiger partial charge in [-0.1, -0.05) is 45.0 Å². The first-order chi connectivity index (χ1) is 15.1. The van der Waals surface area contributed by atoms with Crippen molar-refractivity contribution in [2.24, 2.45) is 5.41 Å². The molecule has 0 aromatic heterocycles. The number of carbonyl (C=O) groups excluding carboxylic acids is 2. The average molecular weight is 439 g/mol. The average Bonchev–Trinajstić information content (AvgIpc) is 3.00. The van der Waals surface area contributed by atoms with E-state index >= 15 is 0 Å². The van der Waals surface area contributed by atoms with Crippen LogP contribution in [-0.4, -0.2) is 34.8 Å². The summed E-state index contributed by atoms with van der Waals surface area (Å²) in [5, 5.41) is 10.7. The first-order valence-corrected chi connectivity index (χ1v) is 11.0. The predicted molar refractivity (Wildman–Crippen MR) is 124 cm³/mol. The van der Waals surface area contributed by atoms with Gasteiger partial charge in [0.15, 0.2) is 11.5 Å². The normalized spacial score (nSPS) is 16.6. The number of Topliss-reactive ketones (excluding diaryl/α,β-unsaturated/α-hetero) is 1. The van der Waals surface area contributed by atoms with Crippen molar-refractivity contribution in [3.8, 4) is 0 Å². The zero-order chi connectivity index (χ0) is 23.6. The summed E-state index contributed by atoms with van der Waals surface area (Å²) in [6.45, 7) is 11.3. The maximum absolute atomic E-state index is 13.4. The predicted octanol–water partition coefficient (Wildman–Crippen LogP) is 5.18. The fourth-order valence-electron chi connectivity index (χ4n) is 4.04. The molecule has 1 amide bonds. The zero-order valence-corrected chi connectivity index (χ0v) is 19.4. The lowest BCUT2D eigenvalue weighted by molar-refractivity contribution is -0.130. The number of halogens is 1. The van der Waals surface area contributed by atoms with Gasteiger partial charge < -0.3 is 14.9 Å². The Bertz CT molecular complexity index is 1020. The van der Waals surface area contributed by atoms with Gasteiger partial charge in [0.1, 0.15) is 5.82 Å². The molecule has 1 aliphatic heterocycles. The van der Waals surface area contributed by atoms with E-state index in [2.05, 4.69) is 18.7 Å². The number of aliphatic hydroxyl groups is 1. The Kier molecular flexibility index (Phi) is 6.72. The molecule has 1 aliphatic rings. The van der Waals surface area contributed by atoms with Gasteiger partial charge in [-0.15, -0.1) is 0 Å². The molecule has 32 heavy (non-hydrogen) atoms. The molecule has 1 atom stereocenters. The lowest BCUT2D eigenvalue weighted by Gasteiger charge is -2.29. The molecule has 0 aliphatic carbocycles. The van der Waals surface area contributed by atoms with Crippen LogP contribution in [0.3, 0.4) is 0 Å². The largest absolute Gasteiger partial charge is 0.503 e. The molecule has 0 radical (unpaired) electrons. The molecule has 5 nitrogen and oxygen atoms in total. The van der Waals surface area contributed by atoms with E-state index in [1.165, 1.54) is 17.0 Å². The first-order valence-electron chi connectivity index (χ1n) is 11.0. The van der Waals surface area contributed by atoms with Crippen LogP contribution in [0.5, 0.6) is 0 Å². The van der Waals surface area contributed by atoms with Crippen molar-refractivity contribution in [3.63, 3.8) is 0 Å². The molecule has 0 fully saturated rings. The Morgan fingerprint density at radius 1 is 1.03 bits per heavy atom. The number of ketones is 1. The van der Waals surface area contributed by atoms with E-state index in [1.54, 1.807) is 32.9 Å². The number of hydrogen-bond donors (Lipinski definition) is 1. The molecule has 3 rings (SSSR count). The highest BCUT2D eigenvalue weighted by molar-refractivity contribution is 6.10. The van der Waals surface area contributed by atoms with E-state index in [4.69, 9.17) is 0 Å². The first kappa shape index (κ1) is 23.5. The zero-order valence-electron chi connectivity index (χ0n) is 19.4.